The summed E-state index contributed by atoms with van der Waals surface area (Å²) in [5.74, 6) is -0.00361. The van der Waals surface area contributed by atoms with Crippen molar-refractivity contribution in [3.63, 3.8) is 0 Å². The Morgan fingerprint density at radius 1 is 1.33 bits per heavy atom. The first-order valence-corrected chi connectivity index (χ1v) is 4.25. The second-order valence-electron chi connectivity index (χ2n) is 2.67. The van der Waals surface area contributed by atoms with Gasteiger partial charge < -0.3 is 5.11 Å². The van der Waals surface area contributed by atoms with Crippen molar-refractivity contribution in [2.24, 2.45) is 0 Å². The number of hydrogen-bond acceptors (Lipinski definition) is 2. The summed E-state index contributed by atoms with van der Waals surface area (Å²) in [6.45, 7) is 3.61. The minimum Gasteiger partial charge on any atom is -0.515 e. The molecule has 0 heterocycles. The summed E-state index contributed by atoms with van der Waals surface area (Å²) in [6.07, 6.45) is 8.49. The number of hydrogen-bond donors (Lipinski definition) is 1. The van der Waals surface area contributed by atoms with Crippen LogP contribution in [0.2, 0.25) is 0 Å². The highest BCUT2D eigenvalue weighted by Gasteiger charge is 1.95. The quantitative estimate of drug-likeness (QED) is 0.275. The molecule has 0 saturated heterocycles. The van der Waals surface area contributed by atoms with E-state index in [2.05, 4.69) is 6.58 Å². The minimum atomic E-state index is -0.00361. The van der Waals surface area contributed by atoms with Gasteiger partial charge in [0.2, 0.25) is 0 Å². The Bertz CT molecular complexity index is 159. The highest BCUT2D eigenvalue weighted by molar-refractivity contribution is 5.89. The number of allylic oxidation sites excluding steroid dienone is 2. The third-order valence-electron chi connectivity index (χ3n) is 1.59. The summed E-state index contributed by atoms with van der Waals surface area (Å²) >= 11 is 0. The van der Waals surface area contributed by atoms with Crippen LogP contribution in [-0.4, -0.2) is 10.9 Å². The van der Waals surface area contributed by atoms with Crippen LogP contribution in [0, 0.1) is 0 Å². The Hall–Kier alpha value is -1.05. The van der Waals surface area contributed by atoms with Crippen LogP contribution in [0.4, 0.5) is 0 Å². The molecule has 2 heteroatoms. The van der Waals surface area contributed by atoms with E-state index in [-0.39, 0.29) is 5.78 Å². The summed E-state index contributed by atoms with van der Waals surface area (Å²) in [5, 5.41) is 8.26. The van der Waals surface area contributed by atoms with E-state index in [4.69, 9.17) is 5.11 Å². The van der Waals surface area contributed by atoms with Gasteiger partial charge in [-0.3, -0.25) is 4.79 Å². The predicted molar refractivity (Wildman–Crippen MR) is 50.1 cm³/mol. The van der Waals surface area contributed by atoms with Crippen LogP contribution >= 0.6 is 0 Å². The molecule has 2 nitrogen and oxygen atoms in total. The van der Waals surface area contributed by atoms with Crippen LogP contribution in [-0.2, 0) is 4.79 Å². The van der Waals surface area contributed by atoms with Gasteiger partial charge in [-0.2, -0.15) is 0 Å². The molecule has 0 atom stereocenters. The van der Waals surface area contributed by atoms with E-state index in [0.29, 0.717) is 6.42 Å². The first-order valence-electron chi connectivity index (χ1n) is 4.25. The smallest absolute Gasteiger partial charge is 0.158 e. The average molecular weight is 168 g/mol. The Morgan fingerprint density at radius 2 is 2.08 bits per heavy atom. The molecule has 0 aromatic carbocycles. The van der Waals surface area contributed by atoms with Crippen LogP contribution in [0.15, 0.2) is 25.0 Å². The fraction of sp³-hybridized carbons (Fsp3) is 0.500. The van der Waals surface area contributed by atoms with Gasteiger partial charge in [-0.1, -0.05) is 12.5 Å². The Balaban J connectivity index is 3.19. The molecule has 0 fully saturated rings. The van der Waals surface area contributed by atoms with E-state index in [1.165, 1.54) is 6.08 Å². The highest BCUT2D eigenvalue weighted by Crippen LogP contribution is 2.03. The molecule has 0 aliphatic heterocycles. The maximum absolute atomic E-state index is 10.8. The normalized spacial score (nSPS) is 10.3. The summed E-state index contributed by atoms with van der Waals surface area (Å²) in [5.41, 5.74) is 0. The molecule has 0 rings (SSSR count). The number of carbonyl (C=O) groups is 1. The molecule has 12 heavy (non-hydrogen) atoms. The van der Waals surface area contributed by atoms with Gasteiger partial charge in [-0.15, -0.1) is 6.58 Å². The highest BCUT2D eigenvalue weighted by atomic mass is 16.2. The van der Waals surface area contributed by atoms with Crippen molar-refractivity contribution in [3.8, 4) is 0 Å². The van der Waals surface area contributed by atoms with Crippen LogP contribution in [0.25, 0.3) is 0 Å². The van der Waals surface area contributed by atoms with E-state index in [1.807, 2.05) is 6.08 Å². The first kappa shape index (κ1) is 11.0. The molecule has 0 radical (unpaired) electrons. The van der Waals surface area contributed by atoms with E-state index in [0.717, 1.165) is 31.9 Å². The molecule has 0 aromatic heterocycles. The van der Waals surface area contributed by atoms with Crippen molar-refractivity contribution >= 4 is 5.78 Å². The topological polar surface area (TPSA) is 37.3 Å². The van der Waals surface area contributed by atoms with E-state index in [1.54, 1.807) is 0 Å². The Kier molecular flexibility index (Phi) is 7.35. The van der Waals surface area contributed by atoms with E-state index in [9.17, 15) is 4.79 Å². The summed E-state index contributed by atoms with van der Waals surface area (Å²) in [4.78, 5) is 10.8. The molecule has 0 aliphatic carbocycles. The first-order chi connectivity index (χ1) is 5.81. The Morgan fingerprint density at radius 3 is 2.67 bits per heavy atom. The lowest BCUT2D eigenvalue weighted by atomic mass is 10.1. The Labute approximate surface area is 73.6 Å². The fourth-order valence-corrected chi connectivity index (χ4v) is 0.931. The van der Waals surface area contributed by atoms with Crippen molar-refractivity contribution in [2.75, 3.05) is 0 Å². The van der Waals surface area contributed by atoms with Crippen molar-refractivity contribution in [3.05, 3.63) is 25.0 Å². The van der Waals surface area contributed by atoms with Gasteiger partial charge in [-0.25, -0.2) is 0 Å². The molecule has 68 valence electrons. The molecule has 0 unspecified atom stereocenters. The van der Waals surface area contributed by atoms with Crippen LogP contribution < -0.4 is 0 Å². The van der Waals surface area contributed by atoms with Gasteiger partial charge in [0.15, 0.2) is 5.78 Å². The zero-order valence-electron chi connectivity index (χ0n) is 7.33. The molecule has 0 aliphatic rings. The van der Waals surface area contributed by atoms with Crippen LogP contribution in [0.3, 0.4) is 0 Å². The number of rotatable bonds is 7. The van der Waals surface area contributed by atoms with Gasteiger partial charge in [0.1, 0.15) is 0 Å². The van der Waals surface area contributed by atoms with Crippen molar-refractivity contribution in [1.82, 2.24) is 0 Å². The number of aliphatic hydroxyl groups excluding tert-OH is 1. The average Bonchev–Trinajstić information content (AvgIpc) is 2.05. The van der Waals surface area contributed by atoms with Gasteiger partial charge in [0.25, 0.3) is 0 Å². The number of unbranched alkanes of at least 4 members (excludes halogenated alkanes) is 3. The summed E-state index contributed by atoms with van der Waals surface area (Å²) in [6, 6.07) is 0. The maximum Gasteiger partial charge on any atom is 0.158 e. The SMILES string of the molecule is C=CCCCCCC(=O)C=CO. The second kappa shape index (κ2) is 8.05. The van der Waals surface area contributed by atoms with Crippen molar-refractivity contribution < 1.29 is 9.90 Å². The van der Waals surface area contributed by atoms with Gasteiger partial charge in [-0.05, 0) is 19.3 Å². The third kappa shape index (κ3) is 7.06. The number of carbonyl (C=O) groups excluding carboxylic acids is 1. The zero-order valence-corrected chi connectivity index (χ0v) is 7.33. The predicted octanol–water partition coefficient (Wildman–Crippen LogP) is 2.76. The van der Waals surface area contributed by atoms with E-state index < -0.39 is 0 Å². The van der Waals surface area contributed by atoms with Gasteiger partial charge in [0.05, 0.1) is 6.26 Å². The maximum atomic E-state index is 10.8. The molecule has 0 amide bonds. The summed E-state index contributed by atoms with van der Waals surface area (Å²) < 4.78 is 0. The molecule has 1 N–H and O–H groups in total. The molecule has 0 aromatic rings. The van der Waals surface area contributed by atoms with Gasteiger partial charge in [0, 0.05) is 12.5 Å². The number of aliphatic hydroxyl groups is 1. The molecule has 0 bridgehead atoms. The molecule has 0 saturated carbocycles. The molecule has 0 spiro atoms. The lowest BCUT2D eigenvalue weighted by molar-refractivity contribution is -0.114. The fourth-order valence-electron chi connectivity index (χ4n) is 0.931. The van der Waals surface area contributed by atoms with Crippen LogP contribution in [0.5, 0.6) is 0 Å². The van der Waals surface area contributed by atoms with Crippen molar-refractivity contribution in [1.29, 1.82) is 0 Å². The minimum absolute atomic E-state index is 0.00361. The second-order valence-corrected chi connectivity index (χ2v) is 2.67. The standard InChI is InChI=1S/C10H16O2/c1-2-3-4-5-6-7-10(12)8-9-11/h2,8-9,11H,1,3-7H2. The lowest BCUT2D eigenvalue weighted by Crippen LogP contribution is -1.91. The molecular formula is C10H16O2. The monoisotopic (exact) mass is 168 g/mol. The van der Waals surface area contributed by atoms with Crippen molar-refractivity contribution in [2.45, 2.75) is 32.1 Å². The van der Waals surface area contributed by atoms with E-state index >= 15 is 0 Å². The third-order valence-corrected chi connectivity index (χ3v) is 1.59. The zero-order chi connectivity index (χ0) is 9.23. The summed E-state index contributed by atoms with van der Waals surface area (Å²) in [7, 11) is 0. The van der Waals surface area contributed by atoms with Gasteiger partial charge >= 0.3 is 0 Å². The molecular weight excluding hydrogens is 152 g/mol. The van der Waals surface area contributed by atoms with Crippen LogP contribution in [0.1, 0.15) is 32.1 Å². The lowest BCUT2D eigenvalue weighted by Gasteiger charge is -1.95. The largest absolute Gasteiger partial charge is 0.515 e. The number of ketones is 1.